The molecule has 0 bridgehead atoms. The fourth-order valence-electron chi connectivity index (χ4n) is 4.90. The molecule has 0 atom stereocenters. The molecule has 1 aliphatic carbocycles. The monoisotopic (exact) mass is 453 g/mol. The quantitative estimate of drug-likeness (QED) is 0.243. The molecule has 5 rings (SSSR count). The molecular formula is C24H24IN. The molecule has 0 spiro atoms. The number of benzene rings is 3. The van der Waals surface area contributed by atoms with Crippen molar-refractivity contribution >= 4 is 55.4 Å². The number of nitrogens with zero attached hydrogens (tertiary/aromatic N) is 1. The predicted octanol–water partition coefficient (Wildman–Crippen LogP) is 7.49. The van der Waals surface area contributed by atoms with E-state index in [9.17, 15) is 0 Å². The topological polar surface area (TPSA) is 4.93 Å². The molecule has 2 heteroatoms. The zero-order valence-corrected chi connectivity index (χ0v) is 18.0. The highest BCUT2D eigenvalue weighted by atomic mass is 127. The maximum absolute atomic E-state index is 2.48. The van der Waals surface area contributed by atoms with Crippen LogP contribution in [0.3, 0.4) is 0 Å². The molecule has 0 fully saturated rings. The Kier molecular flexibility index (Phi) is 3.35. The minimum Gasteiger partial charge on any atom is -0.282 e. The van der Waals surface area contributed by atoms with Gasteiger partial charge in [0, 0.05) is 10.8 Å². The highest BCUT2D eigenvalue weighted by Gasteiger charge is 2.39. The number of fused-ring (bicyclic) bond motifs is 6. The molecule has 26 heavy (non-hydrogen) atoms. The van der Waals surface area contributed by atoms with Crippen molar-refractivity contribution in [3.63, 3.8) is 0 Å². The van der Waals surface area contributed by atoms with Crippen LogP contribution in [0.2, 0.25) is 0 Å². The summed E-state index contributed by atoms with van der Waals surface area (Å²) < 4.78 is 2.35. The highest BCUT2D eigenvalue weighted by molar-refractivity contribution is 14.1. The van der Waals surface area contributed by atoms with E-state index in [-0.39, 0.29) is 10.8 Å². The van der Waals surface area contributed by atoms with Gasteiger partial charge in [0.2, 0.25) is 0 Å². The van der Waals surface area contributed by atoms with E-state index in [0.29, 0.717) is 0 Å². The van der Waals surface area contributed by atoms with Gasteiger partial charge in [0.25, 0.3) is 0 Å². The second kappa shape index (κ2) is 5.25. The van der Waals surface area contributed by atoms with Gasteiger partial charge in [0.05, 0.1) is 33.9 Å². The maximum atomic E-state index is 2.48. The van der Waals surface area contributed by atoms with Crippen molar-refractivity contribution in [3.8, 4) is 0 Å². The first-order valence-corrected chi connectivity index (χ1v) is 10.4. The lowest BCUT2D eigenvalue weighted by atomic mass is 9.62. The molecule has 3 aromatic carbocycles. The zero-order chi connectivity index (χ0) is 18.3. The van der Waals surface area contributed by atoms with Crippen LogP contribution in [-0.2, 0) is 10.8 Å². The lowest BCUT2D eigenvalue weighted by Gasteiger charge is -2.42. The third-order valence-electron chi connectivity index (χ3n) is 6.52. The van der Waals surface area contributed by atoms with E-state index < -0.39 is 0 Å². The number of hydrogen-bond acceptors (Lipinski definition) is 0. The Labute approximate surface area is 168 Å². The molecule has 1 aromatic heterocycles. The first-order chi connectivity index (χ1) is 12.3. The number of rotatable bonds is 0. The van der Waals surface area contributed by atoms with E-state index in [4.69, 9.17) is 0 Å². The Morgan fingerprint density at radius 3 is 2.19 bits per heavy atom. The smallest absolute Gasteiger partial charge is 0.0646 e. The highest BCUT2D eigenvalue weighted by Crippen LogP contribution is 2.50. The minimum absolute atomic E-state index is 0.209. The van der Waals surface area contributed by atoms with Crippen molar-refractivity contribution in [2.45, 2.75) is 51.4 Å². The zero-order valence-electron chi connectivity index (χ0n) is 15.9. The van der Waals surface area contributed by atoms with Gasteiger partial charge in [-0.3, -0.25) is 2.78 Å². The Hall–Kier alpha value is -1.55. The molecule has 1 heterocycles. The van der Waals surface area contributed by atoms with Crippen molar-refractivity contribution in [2.24, 2.45) is 0 Å². The van der Waals surface area contributed by atoms with Crippen LogP contribution in [0, 0.1) is 0 Å². The van der Waals surface area contributed by atoms with Crippen molar-refractivity contribution in [3.05, 3.63) is 59.7 Å². The second-order valence-electron chi connectivity index (χ2n) is 9.15. The van der Waals surface area contributed by atoms with Crippen molar-refractivity contribution < 1.29 is 0 Å². The van der Waals surface area contributed by atoms with Gasteiger partial charge < -0.3 is 0 Å². The lowest BCUT2D eigenvalue weighted by Crippen LogP contribution is -2.33. The van der Waals surface area contributed by atoms with Gasteiger partial charge in [-0.2, -0.15) is 0 Å². The van der Waals surface area contributed by atoms with Crippen molar-refractivity contribution in [1.29, 1.82) is 0 Å². The van der Waals surface area contributed by atoms with E-state index >= 15 is 0 Å². The number of halogens is 1. The Balaban J connectivity index is 2.03. The Morgan fingerprint density at radius 1 is 0.808 bits per heavy atom. The summed E-state index contributed by atoms with van der Waals surface area (Å²) >= 11 is 2.48. The summed E-state index contributed by atoms with van der Waals surface area (Å²) in [6, 6.07) is 18.2. The van der Waals surface area contributed by atoms with Gasteiger partial charge in [-0.1, -0.05) is 58.0 Å². The molecule has 1 nitrogen and oxygen atoms in total. The van der Waals surface area contributed by atoms with Gasteiger partial charge in [0.15, 0.2) is 0 Å². The third-order valence-corrected chi connectivity index (χ3v) is 7.56. The molecule has 4 aromatic rings. The molecule has 0 saturated carbocycles. The summed E-state index contributed by atoms with van der Waals surface area (Å²) in [4.78, 5) is 0. The van der Waals surface area contributed by atoms with Gasteiger partial charge in [-0.15, -0.1) is 0 Å². The Bertz CT molecular complexity index is 1190. The van der Waals surface area contributed by atoms with Crippen molar-refractivity contribution in [2.75, 3.05) is 0 Å². The van der Waals surface area contributed by atoms with Crippen LogP contribution in [0.15, 0.2) is 48.5 Å². The van der Waals surface area contributed by atoms with E-state index in [1.807, 2.05) is 0 Å². The average molecular weight is 453 g/mol. The van der Waals surface area contributed by atoms with Gasteiger partial charge >= 0.3 is 0 Å². The van der Waals surface area contributed by atoms with E-state index in [0.717, 1.165) is 0 Å². The lowest BCUT2D eigenvalue weighted by molar-refractivity contribution is 0.334. The molecule has 0 N–H and O–H groups in total. The molecule has 0 radical (unpaired) electrons. The molecule has 0 aliphatic heterocycles. The van der Waals surface area contributed by atoms with Crippen LogP contribution < -0.4 is 0 Å². The molecule has 1 aliphatic rings. The standard InChI is InChI=1S/C24H24IN/c1-23(2)11-12-24(3,4)22-18(23)9-10-19-21(22)17-13-15-7-5-6-8-16(15)14-20(17)26(19)25/h5-10,13-14H,11-12H2,1-4H3. The largest absolute Gasteiger partial charge is 0.282 e. The summed E-state index contributed by atoms with van der Waals surface area (Å²) in [6.45, 7) is 9.67. The molecule has 0 saturated heterocycles. The average Bonchev–Trinajstić information content (AvgIpc) is 2.89. The molecule has 0 amide bonds. The van der Waals surface area contributed by atoms with Gasteiger partial charge in [-0.05, 0) is 63.8 Å². The number of aromatic nitrogens is 1. The van der Waals surface area contributed by atoms with E-state index in [1.165, 1.54) is 45.4 Å². The number of hydrogen-bond donors (Lipinski definition) is 0. The first-order valence-electron chi connectivity index (χ1n) is 9.47. The fourth-order valence-corrected chi connectivity index (χ4v) is 5.70. The minimum atomic E-state index is 0.209. The van der Waals surface area contributed by atoms with Crippen LogP contribution in [0.1, 0.15) is 51.7 Å². The van der Waals surface area contributed by atoms with E-state index in [2.05, 4.69) is 102 Å². The van der Waals surface area contributed by atoms with Gasteiger partial charge in [-0.25, -0.2) is 0 Å². The summed E-state index contributed by atoms with van der Waals surface area (Å²) in [5, 5.41) is 5.51. The summed E-state index contributed by atoms with van der Waals surface area (Å²) in [6.07, 6.45) is 2.50. The molecule has 0 unspecified atom stereocenters. The summed E-state index contributed by atoms with van der Waals surface area (Å²) in [5.41, 5.74) is 6.24. The maximum Gasteiger partial charge on any atom is 0.0646 e. The van der Waals surface area contributed by atoms with Crippen LogP contribution >= 0.6 is 22.9 Å². The van der Waals surface area contributed by atoms with Crippen LogP contribution in [-0.4, -0.2) is 2.78 Å². The van der Waals surface area contributed by atoms with Crippen molar-refractivity contribution in [1.82, 2.24) is 2.78 Å². The normalized spacial score (nSPS) is 18.5. The fraction of sp³-hybridized carbons (Fsp3) is 0.333. The van der Waals surface area contributed by atoms with Crippen LogP contribution in [0.25, 0.3) is 32.6 Å². The van der Waals surface area contributed by atoms with E-state index in [1.54, 1.807) is 11.1 Å². The first kappa shape index (κ1) is 16.6. The van der Waals surface area contributed by atoms with Gasteiger partial charge in [0.1, 0.15) is 0 Å². The third kappa shape index (κ3) is 2.14. The molecular weight excluding hydrogens is 429 g/mol. The summed E-state index contributed by atoms with van der Waals surface area (Å²) in [5.74, 6) is 0. The summed E-state index contributed by atoms with van der Waals surface area (Å²) in [7, 11) is 0. The SMILES string of the molecule is CC1(C)CCC(C)(C)c2c1ccc1c2c2cc3ccccc3cc2n1I. The van der Waals surface area contributed by atoms with Crippen LogP contribution in [0.5, 0.6) is 0 Å². The Morgan fingerprint density at radius 2 is 1.46 bits per heavy atom. The van der Waals surface area contributed by atoms with Crippen LogP contribution in [0.4, 0.5) is 0 Å². The second-order valence-corrected chi connectivity index (χ2v) is 10.1. The predicted molar refractivity (Wildman–Crippen MR) is 122 cm³/mol. The molecule has 132 valence electrons.